The molecule has 0 bridgehead atoms. The van der Waals surface area contributed by atoms with Gasteiger partial charge in [-0.2, -0.15) is 0 Å². The number of ether oxygens (including phenoxy) is 1. The lowest BCUT2D eigenvalue weighted by Gasteiger charge is -2.47. The van der Waals surface area contributed by atoms with E-state index in [1.165, 1.54) is 0 Å². The van der Waals surface area contributed by atoms with E-state index >= 15 is 0 Å². The Bertz CT molecular complexity index is 966. The molecule has 1 atom stereocenters. The maximum absolute atomic E-state index is 10.4. The average molecular weight is 370 g/mol. The van der Waals surface area contributed by atoms with Gasteiger partial charge >= 0.3 is 0 Å². The third-order valence-corrected chi connectivity index (χ3v) is 5.46. The predicted molar refractivity (Wildman–Crippen MR) is 94.9 cm³/mol. The van der Waals surface area contributed by atoms with E-state index in [0.29, 0.717) is 34.7 Å². The van der Waals surface area contributed by atoms with Crippen molar-refractivity contribution in [3.05, 3.63) is 47.1 Å². The molecule has 1 aliphatic heterocycles. The lowest BCUT2D eigenvalue weighted by atomic mass is 9.73. The van der Waals surface area contributed by atoms with Gasteiger partial charge in [-0.1, -0.05) is 11.6 Å². The molecule has 1 spiro atoms. The van der Waals surface area contributed by atoms with Crippen LogP contribution >= 0.6 is 11.6 Å². The Hall–Kier alpha value is -2.44. The normalized spacial score (nSPS) is 20.3. The molecule has 0 amide bonds. The molecule has 1 fully saturated rings. The molecule has 1 aromatic carbocycles. The van der Waals surface area contributed by atoms with Crippen LogP contribution in [-0.2, 0) is 6.42 Å². The molecular formula is C19H16ClN3O3. The molecule has 1 aliphatic carbocycles. The Kier molecular flexibility index (Phi) is 3.52. The van der Waals surface area contributed by atoms with Gasteiger partial charge in [0.2, 0.25) is 17.7 Å². The first kappa shape index (κ1) is 15.8. The van der Waals surface area contributed by atoms with Crippen molar-refractivity contribution >= 4 is 11.6 Å². The first-order valence-corrected chi connectivity index (χ1v) is 8.97. The maximum atomic E-state index is 10.4. The first-order valence-electron chi connectivity index (χ1n) is 8.59. The zero-order valence-electron chi connectivity index (χ0n) is 13.9. The van der Waals surface area contributed by atoms with E-state index in [9.17, 15) is 5.11 Å². The second kappa shape index (κ2) is 5.79. The van der Waals surface area contributed by atoms with Gasteiger partial charge in [0, 0.05) is 28.8 Å². The highest BCUT2D eigenvalue weighted by molar-refractivity contribution is 6.30. The summed E-state index contributed by atoms with van der Waals surface area (Å²) in [5.74, 6) is 1.39. The van der Waals surface area contributed by atoms with Crippen LogP contribution in [0.2, 0.25) is 5.02 Å². The van der Waals surface area contributed by atoms with Gasteiger partial charge in [0.1, 0.15) is 5.60 Å². The summed E-state index contributed by atoms with van der Waals surface area (Å²) >= 11 is 5.91. The topological polar surface area (TPSA) is 81.3 Å². The minimum Gasteiger partial charge on any atom is -0.468 e. The van der Waals surface area contributed by atoms with Gasteiger partial charge in [-0.05, 0) is 49.6 Å². The van der Waals surface area contributed by atoms with Crippen LogP contribution in [0.3, 0.4) is 0 Å². The second-order valence-electron chi connectivity index (χ2n) is 6.85. The highest BCUT2D eigenvalue weighted by atomic mass is 35.5. The lowest BCUT2D eigenvalue weighted by molar-refractivity contribution is -0.118. The number of aliphatic hydroxyl groups excluding tert-OH is 1. The zero-order valence-corrected chi connectivity index (χ0v) is 14.6. The number of fused-ring (bicyclic) bond motifs is 1. The molecule has 1 saturated carbocycles. The van der Waals surface area contributed by atoms with Crippen molar-refractivity contribution in [3.8, 4) is 28.8 Å². The smallest absolute Gasteiger partial charge is 0.249 e. The molecule has 6 nitrogen and oxygen atoms in total. The summed E-state index contributed by atoms with van der Waals surface area (Å²) in [6.45, 7) is 0. The summed E-state index contributed by atoms with van der Waals surface area (Å²) in [6.07, 6.45) is 4.53. The molecule has 0 unspecified atom stereocenters. The molecule has 1 N–H and O–H groups in total. The molecule has 3 heterocycles. The fraction of sp³-hybridized carbons (Fsp3) is 0.316. The summed E-state index contributed by atoms with van der Waals surface area (Å²) in [4.78, 5) is 4.42. The van der Waals surface area contributed by atoms with Crippen LogP contribution in [0.25, 0.3) is 22.9 Å². The Morgan fingerprint density at radius 3 is 2.50 bits per heavy atom. The number of aliphatic hydroxyl groups is 1. The molecule has 2 aliphatic rings. The fourth-order valence-electron chi connectivity index (χ4n) is 3.52. The maximum Gasteiger partial charge on any atom is 0.249 e. The molecule has 0 radical (unpaired) electrons. The van der Waals surface area contributed by atoms with E-state index in [1.54, 1.807) is 18.3 Å². The number of rotatable bonds is 2. The van der Waals surface area contributed by atoms with Crippen LogP contribution in [-0.4, -0.2) is 32.0 Å². The summed E-state index contributed by atoms with van der Waals surface area (Å²) in [7, 11) is 0. The molecule has 0 saturated heterocycles. The third kappa shape index (κ3) is 2.48. The van der Waals surface area contributed by atoms with Gasteiger partial charge in [-0.3, -0.25) is 0 Å². The standard InChI is InChI=1S/C19H16ClN3O3/c20-14-4-2-11(3-5-14)17-22-23-18(25-17)13-8-12-9-15(24)19(6-1-7-19)26-16(12)21-10-13/h2-5,8,10,15,24H,1,6-7,9H2/t15-/m1/s1. The largest absolute Gasteiger partial charge is 0.468 e. The minimum atomic E-state index is -0.506. The van der Waals surface area contributed by atoms with Crippen LogP contribution in [0.15, 0.2) is 40.9 Å². The number of aromatic nitrogens is 3. The van der Waals surface area contributed by atoms with Crippen LogP contribution in [0, 0.1) is 0 Å². The molecule has 2 aromatic heterocycles. The minimum absolute atomic E-state index is 0.378. The van der Waals surface area contributed by atoms with Gasteiger partial charge in [0.25, 0.3) is 0 Å². The van der Waals surface area contributed by atoms with Crippen molar-refractivity contribution in [2.24, 2.45) is 0 Å². The molecule has 26 heavy (non-hydrogen) atoms. The van der Waals surface area contributed by atoms with E-state index in [1.807, 2.05) is 18.2 Å². The van der Waals surface area contributed by atoms with Gasteiger partial charge in [-0.25, -0.2) is 4.98 Å². The second-order valence-corrected chi connectivity index (χ2v) is 7.28. The van der Waals surface area contributed by atoms with Gasteiger partial charge in [-0.15, -0.1) is 10.2 Å². The Morgan fingerprint density at radius 2 is 1.81 bits per heavy atom. The van der Waals surface area contributed by atoms with Crippen LogP contribution in [0.5, 0.6) is 5.88 Å². The summed E-state index contributed by atoms with van der Waals surface area (Å²) in [5, 5.41) is 19.3. The van der Waals surface area contributed by atoms with E-state index in [2.05, 4.69) is 15.2 Å². The first-order chi connectivity index (χ1) is 12.6. The van der Waals surface area contributed by atoms with E-state index in [4.69, 9.17) is 20.8 Å². The van der Waals surface area contributed by atoms with Gasteiger partial charge in [0.15, 0.2) is 0 Å². The highest BCUT2D eigenvalue weighted by Crippen LogP contribution is 2.44. The predicted octanol–water partition coefficient (Wildman–Crippen LogP) is 3.67. The summed E-state index contributed by atoms with van der Waals surface area (Å²) in [5.41, 5.74) is 1.92. The fourth-order valence-corrected chi connectivity index (χ4v) is 3.64. The molecule has 7 heteroatoms. The van der Waals surface area contributed by atoms with Crippen LogP contribution in [0.1, 0.15) is 24.8 Å². The van der Waals surface area contributed by atoms with E-state index in [0.717, 1.165) is 30.4 Å². The molecular weight excluding hydrogens is 354 g/mol. The number of benzene rings is 1. The Labute approximate surface area is 154 Å². The lowest BCUT2D eigenvalue weighted by Crippen LogP contribution is -2.56. The van der Waals surface area contributed by atoms with Gasteiger partial charge < -0.3 is 14.3 Å². The van der Waals surface area contributed by atoms with Crippen molar-refractivity contribution in [3.63, 3.8) is 0 Å². The number of hydrogen-bond acceptors (Lipinski definition) is 6. The van der Waals surface area contributed by atoms with Crippen LogP contribution < -0.4 is 4.74 Å². The third-order valence-electron chi connectivity index (χ3n) is 5.21. The van der Waals surface area contributed by atoms with Crippen molar-refractivity contribution in [2.75, 3.05) is 0 Å². The molecule has 3 aromatic rings. The summed E-state index contributed by atoms with van der Waals surface area (Å²) < 4.78 is 11.8. The van der Waals surface area contributed by atoms with E-state index < -0.39 is 11.7 Å². The number of nitrogens with zero attached hydrogens (tertiary/aromatic N) is 3. The number of halogens is 1. The zero-order chi connectivity index (χ0) is 17.7. The van der Waals surface area contributed by atoms with Crippen molar-refractivity contribution in [1.29, 1.82) is 0 Å². The molecule has 5 rings (SSSR count). The number of pyridine rings is 1. The SMILES string of the molecule is O[C@@H]1Cc2cc(-c3nnc(-c4ccc(Cl)cc4)o3)cnc2OC12CCC2. The van der Waals surface area contributed by atoms with Gasteiger partial charge in [0.05, 0.1) is 11.7 Å². The number of hydrogen-bond donors (Lipinski definition) is 1. The molecule has 132 valence electrons. The van der Waals surface area contributed by atoms with Crippen molar-refractivity contribution in [2.45, 2.75) is 37.4 Å². The average Bonchev–Trinajstić information content (AvgIpc) is 3.10. The quantitative estimate of drug-likeness (QED) is 0.742. The van der Waals surface area contributed by atoms with Crippen molar-refractivity contribution < 1.29 is 14.3 Å². The van der Waals surface area contributed by atoms with Crippen LogP contribution in [0.4, 0.5) is 0 Å². The Balaban J connectivity index is 1.45. The monoisotopic (exact) mass is 369 g/mol. The Morgan fingerprint density at radius 1 is 1.08 bits per heavy atom. The highest BCUT2D eigenvalue weighted by Gasteiger charge is 2.49. The summed E-state index contributed by atoms with van der Waals surface area (Å²) in [6, 6.07) is 9.10. The van der Waals surface area contributed by atoms with Crippen molar-refractivity contribution in [1.82, 2.24) is 15.2 Å². The van der Waals surface area contributed by atoms with E-state index in [-0.39, 0.29) is 0 Å².